The third kappa shape index (κ3) is 4.00. The van der Waals surface area contributed by atoms with Gasteiger partial charge in [0.15, 0.2) is 11.4 Å². The number of carbonyl (C=O) groups excluding carboxylic acids is 1. The van der Waals surface area contributed by atoms with Crippen molar-refractivity contribution in [2.24, 2.45) is 0 Å². The second kappa shape index (κ2) is 8.20. The van der Waals surface area contributed by atoms with Crippen LogP contribution in [0.1, 0.15) is 46.2 Å². The number of aromatic hydroxyl groups is 1. The molecule has 5 rings (SSSR count). The zero-order chi connectivity index (χ0) is 23.1. The molecule has 168 valence electrons. The van der Waals surface area contributed by atoms with Crippen molar-refractivity contribution in [3.63, 3.8) is 0 Å². The molecule has 0 radical (unpaired) electrons. The number of hydrogen-bond donors (Lipinski definition) is 2. The van der Waals surface area contributed by atoms with Gasteiger partial charge < -0.3 is 15.0 Å². The zero-order valence-corrected chi connectivity index (χ0v) is 18.6. The molecule has 4 aromatic rings. The van der Waals surface area contributed by atoms with Crippen LogP contribution < -0.4 is 5.56 Å². The lowest BCUT2D eigenvalue weighted by Crippen LogP contribution is -2.39. The molecule has 1 aliphatic heterocycles. The fraction of sp³-hybridized carbons (Fsp3) is 0.280. The van der Waals surface area contributed by atoms with Crippen LogP contribution in [-0.2, 0) is 0 Å². The van der Waals surface area contributed by atoms with E-state index in [1.807, 2.05) is 31.2 Å². The smallest absolute Gasteiger partial charge is 0.278 e. The van der Waals surface area contributed by atoms with Crippen molar-refractivity contribution in [3.05, 3.63) is 81.5 Å². The molecule has 8 heteroatoms. The van der Waals surface area contributed by atoms with E-state index >= 15 is 0 Å². The highest BCUT2D eigenvalue weighted by atomic mass is 16.3. The molecular weight excluding hydrogens is 418 g/mol. The predicted molar refractivity (Wildman–Crippen MR) is 125 cm³/mol. The normalized spacial score (nSPS) is 14.7. The number of piperidine rings is 1. The molecule has 0 saturated carbocycles. The summed E-state index contributed by atoms with van der Waals surface area (Å²) in [6.45, 7) is 5.00. The van der Waals surface area contributed by atoms with Crippen LogP contribution in [0.3, 0.4) is 0 Å². The van der Waals surface area contributed by atoms with Crippen LogP contribution >= 0.6 is 0 Å². The number of rotatable bonds is 3. The number of H-pyrrole nitrogens is 1. The average Bonchev–Trinajstić information content (AvgIpc) is 3.22. The van der Waals surface area contributed by atoms with Crippen LogP contribution in [0.4, 0.5) is 0 Å². The van der Waals surface area contributed by atoms with Gasteiger partial charge in [-0.15, -0.1) is 0 Å². The van der Waals surface area contributed by atoms with E-state index in [2.05, 4.69) is 23.1 Å². The monoisotopic (exact) mass is 443 g/mol. The second-order valence-electron chi connectivity index (χ2n) is 8.68. The van der Waals surface area contributed by atoms with E-state index in [1.54, 1.807) is 17.0 Å². The molecule has 0 spiro atoms. The number of aromatic nitrogens is 4. The van der Waals surface area contributed by atoms with Crippen molar-refractivity contribution < 1.29 is 9.90 Å². The predicted octanol–water partition coefficient (Wildman–Crippen LogP) is 3.45. The molecule has 0 aliphatic carbocycles. The summed E-state index contributed by atoms with van der Waals surface area (Å²) in [6, 6.07) is 14.5. The number of aryl methyl sites for hydroxylation is 2. The molecule has 1 saturated heterocycles. The van der Waals surface area contributed by atoms with Crippen LogP contribution in [0.25, 0.3) is 16.7 Å². The minimum Gasteiger partial charge on any atom is -0.505 e. The van der Waals surface area contributed by atoms with Crippen LogP contribution in [0.2, 0.25) is 0 Å². The zero-order valence-electron chi connectivity index (χ0n) is 18.6. The minimum atomic E-state index is -0.492. The molecule has 3 heterocycles. The van der Waals surface area contributed by atoms with Gasteiger partial charge in [-0.05, 0) is 62.1 Å². The SMILES string of the molecule is Cc1cccc(-n2nc(C(=O)N3CCC(c4nc5ccc(C)cc5[nH]4)CC3)c(O)cc2=O)c1. The molecule has 0 atom stereocenters. The Balaban J connectivity index is 1.35. The number of nitrogens with zero attached hydrogens (tertiary/aromatic N) is 4. The highest BCUT2D eigenvalue weighted by Crippen LogP contribution is 2.29. The lowest BCUT2D eigenvalue weighted by atomic mass is 9.96. The molecule has 1 fully saturated rings. The first-order valence-corrected chi connectivity index (χ1v) is 11.0. The third-order valence-corrected chi connectivity index (χ3v) is 6.18. The van der Waals surface area contributed by atoms with Crippen LogP contribution in [0.15, 0.2) is 53.3 Å². The van der Waals surface area contributed by atoms with Gasteiger partial charge in [0, 0.05) is 25.1 Å². The molecule has 8 nitrogen and oxygen atoms in total. The summed E-state index contributed by atoms with van der Waals surface area (Å²) in [4.78, 5) is 35.4. The minimum absolute atomic E-state index is 0.117. The van der Waals surface area contributed by atoms with Crippen LogP contribution in [-0.4, -0.2) is 48.8 Å². The van der Waals surface area contributed by atoms with Gasteiger partial charge in [0.1, 0.15) is 5.82 Å². The van der Waals surface area contributed by atoms with E-state index in [9.17, 15) is 14.7 Å². The number of fused-ring (bicyclic) bond motifs is 1. The summed E-state index contributed by atoms with van der Waals surface area (Å²) >= 11 is 0. The van der Waals surface area contributed by atoms with Crippen LogP contribution in [0, 0.1) is 13.8 Å². The van der Waals surface area contributed by atoms with Crippen molar-refractivity contribution in [2.75, 3.05) is 13.1 Å². The number of hydrogen-bond acceptors (Lipinski definition) is 5. The van der Waals surface area contributed by atoms with E-state index in [-0.39, 0.29) is 17.5 Å². The number of nitrogens with one attached hydrogen (secondary N) is 1. The first kappa shape index (κ1) is 20.9. The Kier molecular flexibility index (Phi) is 5.20. The maximum absolute atomic E-state index is 13.2. The molecule has 1 amide bonds. The van der Waals surface area contributed by atoms with Gasteiger partial charge in [-0.25, -0.2) is 4.98 Å². The van der Waals surface area contributed by atoms with Crippen molar-refractivity contribution in [1.82, 2.24) is 24.6 Å². The van der Waals surface area contributed by atoms with Gasteiger partial charge >= 0.3 is 0 Å². The van der Waals surface area contributed by atoms with Gasteiger partial charge in [0.05, 0.1) is 16.7 Å². The fourth-order valence-electron chi connectivity index (χ4n) is 4.39. The lowest BCUT2D eigenvalue weighted by Gasteiger charge is -2.31. The molecule has 2 aromatic carbocycles. The summed E-state index contributed by atoms with van der Waals surface area (Å²) in [6.07, 6.45) is 1.51. The van der Waals surface area contributed by atoms with Gasteiger partial charge in [-0.3, -0.25) is 9.59 Å². The topological polar surface area (TPSA) is 104 Å². The van der Waals surface area contributed by atoms with Crippen molar-refractivity contribution in [1.29, 1.82) is 0 Å². The number of benzene rings is 2. The Morgan fingerprint density at radius 3 is 2.58 bits per heavy atom. The Labute approximate surface area is 190 Å². The highest BCUT2D eigenvalue weighted by Gasteiger charge is 2.29. The molecule has 0 unspecified atom stereocenters. The third-order valence-electron chi connectivity index (χ3n) is 6.18. The standard InChI is InChI=1S/C25H25N5O3/c1-15-4-3-5-18(12-15)30-22(32)14-21(31)23(28-30)25(33)29-10-8-17(9-11-29)24-26-19-7-6-16(2)13-20(19)27-24/h3-7,12-14,17,31H,8-11H2,1-2H3,(H,26,27). The van der Waals surface area contributed by atoms with Crippen molar-refractivity contribution in [2.45, 2.75) is 32.6 Å². The summed E-state index contributed by atoms with van der Waals surface area (Å²) in [5, 5.41) is 14.5. The maximum atomic E-state index is 13.2. The van der Waals surface area contributed by atoms with E-state index < -0.39 is 11.3 Å². The molecule has 1 aliphatic rings. The van der Waals surface area contributed by atoms with Gasteiger partial charge in [0.25, 0.3) is 11.5 Å². The maximum Gasteiger partial charge on any atom is 0.278 e. The van der Waals surface area contributed by atoms with Gasteiger partial charge in [0.2, 0.25) is 0 Å². The molecule has 33 heavy (non-hydrogen) atoms. The first-order chi connectivity index (χ1) is 15.9. The van der Waals surface area contributed by atoms with E-state index in [1.165, 1.54) is 5.56 Å². The molecule has 2 aromatic heterocycles. The van der Waals surface area contributed by atoms with E-state index in [0.717, 1.165) is 46.0 Å². The van der Waals surface area contributed by atoms with Gasteiger partial charge in [-0.2, -0.15) is 9.78 Å². The average molecular weight is 444 g/mol. The van der Waals surface area contributed by atoms with Gasteiger partial charge in [-0.1, -0.05) is 18.2 Å². The van der Waals surface area contributed by atoms with E-state index in [0.29, 0.717) is 18.8 Å². The highest BCUT2D eigenvalue weighted by molar-refractivity contribution is 5.94. The Morgan fingerprint density at radius 1 is 1.06 bits per heavy atom. The van der Waals surface area contributed by atoms with E-state index in [4.69, 9.17) is 4.98 Å². The molecule has 0 bridgehead atoms. The number of imidazole rings is 1. The first-order valence-electron chi connectivity index (χ1n) is 11.0. The van der Waals surface area contributed by atoms with Crippen molar-refractivity contribution >= 4 is 16.9 Å². The molecular formula is C25H25N5O3. The molecule has 2 N–H and O–H groups in total. The Bertz CT molecular complexity index is 1410. The number of aromatic amines is 1. The largest absolute Gasteiger partial charge is 0.505 e. The Morgan fingerprint density at radius 2 is 1.82 bits per heavy atom. The number of amides is 1. The number of likely N-dealkylation sites (tertiary alicyclic amines) is 1. The van der Waals surface area contributed by atoms with Crippen molar-refractivity contribution in [3.8, 4) is 11.4 Å². The summed E-state index contributed by atoms with van der Waals surface area (Å²) in [7, 11) is 0. The van der Waals surface area contributed by atoms with Crippen LogP contribution in [0.5, 0.6) is 5.75 Å². The fourth-order valence-corrected chi connectivity index (χ4v) is 4.39. The second-order valence-corrected chi connectivity index (χ2v) is 8.68. The lowest BCUT2D eigenvalue weighted by molar-refractivity contribution is 0.0699. The summed E-state index contributed by atoms with van der Waals surface area (Å²) < 4.78 is 1.16. The summed E-state index contributed by atoms with van der Waals surface area (Å²) in [5.41, 5.74) is 4.05. The quantitative estimate of drug-likeness (QED) is 0.505. The summed E-state index contributed by atoms with van der Waals surface area (Å²) in [5.74, 6) is 0.387. The number of carbonyl (C=O) groups is 1. The Hall–Kier alpha value is -3.94.